The predicted molar refractivity (Wildman–Crippen MR) is 83.8 cm³/mol. The average molecular weight is 302 g/mol. The van der Waals surface area contributed by atoms with Crippen LogP contribution in [0.5, 0.6) is 0 Å². The third-order valence-electron chi connectivity index (χ3n) is 6.08. The van der Waals surface area contributed by atoms with Gasteiger partial charge in [-0.3, -0.25) is 0 Å². The average Bonchev–Trinajstić information content (AvgIpc) is 3.49. The quantitative estimate of drug-likeness (QED) is 0.732. The van der Waals surface area contributed by atoms with E-state index in [-0.39, 0.29) is 17.0 Å². The first kappa shape index (κ1) is 14.3. The maximum absolute atomic E-state index is 9.69. The Morgan fingerprint density at radius 1 is 1.04 bits per heavy atom. The van der Waals surface area contributed by atoms with Gasteiger partial charge in [-0.1, -0.05) is 11.6 Å². The van der Waals surface area contributed by atoms with E-state index in [0.717, 1.165) is 19.3 Å². The molecule has 4 rings (SSSR count). The standard InChI is InChI=1S/C19H18N4/c20-9-17-10-23-19(14-3-4-14,15-5-6-15)8-13-1-2-16(7-13)18(17,11-21)12-22/h7,14-16H,1-6,8H2. The Kier molecular flexibility index (Phi) is 2.99. The second-order valence-electron chi connectivity index (χ2n) is 7.43. The molecule has 0 radical (unpaired) electrons. The van der Waals surface area contributed by atoms with Gasteiger partial charge >= 0.3 is 0 Å². The Balaban J connectivity index is 1.93. The van der Waals surface area contributed by atoms with Crippen molar-refractivity contribution in [2.75, 3.05) is 0 Å². The highest BCUT2D eigenvalue weighted by atomic mass is 14.9. The van der Waals surface area contributed by atoms with Gasteiger partial charge in [-0.2, -0.15) is 15.8 Å². The monoisotopic (exact) mass is 302 g/mol. The van der Waals surface area contributed by atoms with Crippen molar-refractivity contribution in [3.05, 3.63) is 17.2 Å². The lowest BCUT2D eigenvalue weighted by Gasteiger charge is -2.30. The molecule has 1 aliphatic heterocycles. The highest BCUT2D eigenvalue weighted by molar-refractivity contribution is 5.70. The number of rotatable bonds is 2. The summed E-state index contributed by atoms with van der Waals surface area (Å²) >= 11 is 0. The van der Waals surface area contributed by atoms with E-state index in [2.05, 4.69) is 30.2 Å². The van der Waals surface area contributed by atoms with Crippen molar-refractivity contribution in [1.29, 1.82) is 15.8 Å². The molecule has 4 heteroatoms. The molecule has 0 saturated heterocycles. The van der Waals surface area contributed by atoms with Crippen LogP contribution in [0.3, 0.4) is 0 Å². The molecular weight excluding hydrogens is 284 g/mol. The molecule has 0 N–H and O–H groups in total. The van der Waals surface area contributed by atoms with E-state index in [0.29, 0.717) is 11.8 Å². The van der Waals surface area contributed by atoms with E-state index in [9.17, 15) is 15.8 Å². The van der Waals surface area contributed by atoms with Crippen molar-refractivity contribution < 1.29 is 0 Å². The molecule has 0 amide bonds. The Morgan fingerprint density at radius 2 is 1.70 bits per heavy atom. The van der Waals surface area contributed by atoms with E-state index in [1.54, 1.807) is 0 Å². The van der Waals surface area contributed by atoms with Gasteiger partial charge in [-0.15, -0.1) is 0 Å². The minimum Gasteiger partial charge on any atom is -0.234 e. The van der Waals surface area contributed by atoms with Crippen LogP contribution in [0.4, 0.5) is 0 Å². The van der Waals surface area contributed by atoms with Crippen LogP contribution in [0.2, 0.25) is 0 Å². The molecule has 1 heterocycles. The van der Waals surface area contributed by atoms with E-state index in [1.165, 1.54) is 31.3 Å². The number of allylic oxidation sites excluding steroid dienone is 2. The number of nitriles is 3. The lowest BCUT2D eigenvalue weighted by Crippen LogP contribution is -2.33. The summed E-state index contributed by atoms with van der Waals surface area (Å²) in [5, 5.41) is 28.9. The van der Waals surface area contributed by atoms with Crippen molar-refractivity contribution in [2.45, 2.75) is 50.5 Å². The zero-order chi connectivity index (χ0) is 16.1. The summed E-state index contributed by atoms with van der Waals surface area (Å²) in [6, 6.07) is 6.31. The van der Waals surface area contributed by atoms with Crippen molar-refractivity contribution in [3.8, 4) is 18.2 Å². The zero-order valence-corrected chi connectivity index (χ0v) is 13.0. The van der Waals surface area contributed by atoms with Crippen LogP contribution in [0.25, 0.3) is 0 Å². The molecule has 1 unspecified atom stereocenters. The first-order chi connectivity index (χ1) is 11.2. The van der Waals surface area contributed by atoms with Gasteiger partial charge < -0.3 is 0 Å². The molecule has 0 aromatic rings. The van der Waals surface area contributed by atoms with Crippen molar-refractivity contribution in [2.24, 2.45) is 28.2 Å². The summed E-state index contributed by atoms with van der Waals surface area (Å²) in [4.78, 5) is 4.81. The fraction of sp³-hybridized carbons (Fsp3) is 0.632. The van der Waals surface area contributed by atoms with Crippen molar-refractivity contribution >= 4 is 5.87 Å². The first-order valence-electron chi connectivity index (χ1n) is 8.46. The maximum atomic E-state index is 9.69. The lowest BCUT2D eigenvalue weighted by molar-refractivity contribution is 0.321. The molecule has 3 aliphatic carbocycles. The zero-order valence-electron chi connectivity index (χ0n) is 13.0. The normalized spacial score (nSPS) is 30.6. The van der Waals surface area contributed by atoms with Crippen molar-refractivity contribution in [1.82, 2.24) is 0 Å². The van der Waals surface area contributed by atoms with Gasteiger partial charge in [0.25, 0.3) is 0 Å². The van der Waals surface area contributed by atoms with E-state index in [4.69, 9.17) is 4.99 Å². The first-order valence-corrected chi connectivity index (χ1v) is 8.46. The van der Waals surface area contributed by atoms with E-state index < -0.39 is 5.41 Å². The molecule has 114 valence electrons. The summed E-state index contributed by atoms with van der Waals surface area (Å²) in [5.74, 6) is 3.88. The van der Waals surface area contributed by atoms with E-state index >= 15 is 0 Å². The van der Waals surface area contributed by atoms with Crippen LogP contribution in [0.1, 0.15) is 44.9 Å². The highest BCUT2D eigenvalue weighted by Crippen LogP contribution is 2.58. The Bertz CT molecular complexity index is 742. The fourth-order valence-electron chi connectivity index (χ4n) is 4.50. The minimum absolute atomic E-state index is 0.109. The number of hydrogen-bond acceptors (Lipinski definition) is 4. The topological polar surface area (TPSA) is 83.7 Å². The summed E-state index contributed by atoms with van der Waals surface area (Å²) < 4.78 is 0. The third-order valence-corrected chi connectivity index (χ3v) is 6.08. The Hall–Kier alpha value is -2.34. The van der Waals surface area contributed by atoms with Crippen LogP contribution in [-0.4, -0.2) is 11.4 Å². The van der Waals surface area contributed by atoms with Gasteiger partial charge in [0, 0.05) is 5.92 Å². The largest absolute Gasteiger partial charge is 0.234 e. The minimum atomic E-state index is -1.43. The smallest absolute Gasteiger partial charge is 0.193 e. The van der Waals surface area contributed by atoms with Gasteiger partial charge in [-0.05, 0) is 62.7 Å². The fourth-order valence-corrected chi connectivity index (χ4v) is 4.50. The second-order valence-corrected chi connectivity index (χ2v) is 7.43. The predicted octanol–water partition coefficient (Wildman–Crippen LogP) is 3.44. The lowest BCUT2D eigenvalue weighted by atomic mass is 9.72. The summed E-state index contributed by atoms with van der Waals surface area (Å²) in [6.07, 6.45) is 9.51. The maximum Gasteiger partial charge on any atom is 0.193 e. The van der Waals surface area contributed by atoms with Gasteiger partial charge in [0.05, 0.1) is 17.7 Å². The molecule has 2 bridgehead atoms. The van der Waals surface area contributed by atoms with Crippen LogP contribution < -0.4 is 0 Å². The third kappa shape index (κ3) is 1.98. The molecule has 23 heavy (non-hydrogen) atoms. The van der Waals surface area contributed by atoms with Crippen LogP contribution >= 0.6 is 0 Å². The van der Waals surface area contributed by atoms with Gasteiger partial charge in [0.15, 0.2) is 5.41 Å². The van der Waals surface area contributed by atoms with Gasteiger partial charge in [0.2, 0.25) is 0 Å². The summed E-state index contributed by atoms with van der Waals surface area (Å²) in [7, 11) is 0. The molecule has 0 aromatic heterocycles. The SMILES string of the molecule is N#CC1=C=NC(C2CC2)(C2CC2)CC2=CC(CC2)C1(C#N)C#N. The number of fused-ring (bicyclic) bond motifs is 1. The van der Waals surface area contributed by atoms with E-state index in [1.807, 2.05) is 0 Å². The van der Waals surface area contributed by atoms with Crippen LogP contribution in [-0.2, 0) is 0 Å². The summed E-state index contributed by atoms with van der Waals surface area (Å²) in [5.41, 5.74) is -0.126. The molecule has 2 fully saturated rings. The molecule has 0 aromatic carbocycles. The summed E-state index contributed by atoms with van der Waals surface area (Å²) in [6.45, 7) is 0. The van der Waals surface area contributed by atoms with Gasteiger partial charge in [0.1, 0.15) is 11.6 Å². The number of aliphatic imine (C=N–C) groups is 1. The van der Waals surface area contributed by atoms with Gasteiger partial charge in [-0.25, -0.2) is 4.99 Å². The molecule has 4 aliphatic rings. The van der Waals surface area contributed by atoms with Crippen LogP contribution in [0.15, 0.2) is 22.2 Å². The van der Waals surface area contributed by atoms with Crippen LogP contribution in [0, 0.1) is 57.2 Å². The Morgan fingerprint density at radius 3 is 2.22 bits per heavy atom. The Labute approximate surface area is 136 Å². The highest BCUT2D eigenvalue weighted by Gasteiger charge is 2.56. The molecule has 1 atom stereocenters. The second kappa shape index (κ2) is 4.83. The molecule has 4 nitrogen and oxygen atoms in total. The molecule has 0 spiro atoms. The number of hydrogen-bond donors (Lipinski definition) is 0. The number of nitrogens with zero attached hydrogens (tertiary/aromatic N) is 4. The van der Waals surface area contributed by atoms with Crippen molar-refractivity contribution in [3.63, 3.8) is 0 Å². The molecule has 2 saturated carbocycles. The molecular formula is C19H18N4.